The Bertz CT molecular complexity index is 2030. The number of alkyl halides is 3. The van der Waals surface area contributed by atoms with Crippen LogP contribution in [0.1, 0.15) is 27.6 Å². The van der Waals surface area contributed by atoms with Gasteiger partial charge in [0.15, 0.2) is 11.5 Å². The van der Waals surface area contributed by atoms with Crippen molar-refractivity contribution in [1.82, 2.24) is 9.88 Å². The molecule has 0 saturated carbocycles. The Kier molecular flexibility index (Phi) is 9.07. The van der Waals surface area contributed by atoms with Crippen molar-refractivity contribution in [2.24, 2.45) is 0 Å². The lowest BCUT2D eigenvalue weighted by molar-refractivity contribution is -0.139. The summed E-state index contributed by atoms with van der Waals surface area (Å²) < 4.78 is 59.4. The second-order valence-electron chi connectivity index (χ2n) is 10.7. The predicted molar refractivity (Wildman–Crippen MR) is 171 cm³/mol. The highest BCUT2D eigenvalue weighted by Crippen LogP contribution is 2.40. The lowest BCUT2D eigenvalue weighted by atomic mass is 9.95. The molecule has 1 heterocycles. The van der Waals surface area contributed by atoms with Gasteiger partial charge < -0.3 is 29.5 Å². The summed E-state index contributed by atoms with van der Waals surface area (Å²) in [6.07, 6.45) is -5.23. The SMILES string of the molecule is C=C(C(=O)N(C)C)C(O)c1ccc(NC(=O)c2cccc3c(Oc4ccnc5cc(OC)c(OC)cc45)cccc23)cc1C(F)(F)F. The molecule has 0 spiro atoms. The van der Waals surface area contributed by atoms with E-state index in [0.717, 1.165) is 11.0 Å². The van der Waals surface area contributed by atoms with Crippen LogP contribution < -0.4 is 19.5 Å². The van der Waals surface area contributed by atoms with E-state index in [1.165, 1.54) is 34.4 Å². The van der Waals surface area contributed by atoms with Gasteiger partial charge in [-0.1, -0.05) is 36.9 Å². The molecule has 0 bridgehead atoms. The number of methoxy groups -OCH3 is 2. The Morgan fingerprint density at radius 2 is 1.53 bits per heavy atom. The van der Waals surface area contributed by atoms with Gasteiger partial charge in [-0.15, -0.1) is 0 Å². The number of aliphatic hydroxyl groups is 1. The number of aliphatic hydroxyl groups excluding tert-OH is 1. The maximum absolute atomic E-state index is 14.1. The molecule has 2 N–H and O–H groups in total. The van der Waals surface area contributed by atoms with Crippen molar-refractivity contribution in [2.45, 2.75) is 12.3 Å². The lowest BCUT2D eigenvalue weighted by Gasteiger charge is -2.21. The molecule has 9 nitrogen and oxygen atoms in total. The number of anilines is 1. The van der Waals surface area contributed by atoms with E-state index in [0.29, 0.717) is 50.7 Å². The molecule has 0 aliphatic carbocycles. The zero-order valence-corrected chi connectivity index (χ0v) is 25.8. The van der Waals surface area contributed by atoms with Crippen molar-refractivity contribution in [3.63, 3.8) is 0 Å². The van der Waals surface area contributed by atoms with Crippen molar-refractivity contribution in [1.29, 1.82) is 0 Å². The molecule has 2 amide bonds. The van der Waals surface area contributed by atoms with Gasteiger partial charge in [0.25, 0.3) is 11.8 Å². The van der Waals surface area contributed by atoms with Crippen molar-refractivity contribution in [2.75, 3.05) is 33.6 Å². The summed E-state index contributed by atoms with van der Waals surface area (Å²) in [5.41, 5.74) is -1.60. The molecule has 1 atom stereocenters. The summed E-state index contributed by atoms with van der Waals surface area (Å²) in [5.74, 6) is 0.480. The molecule has 1 unspecified atom stereocenters. The first-order valence-corrected chi connectivity index (χ1v) is 14.1. The number of halogens is 3. The molecule has 5 aromatic rings. The summed E-state index contributed by atoms with van der Waals surface area (Å²) in [7, 11) is 5.83. The number of benzene rings is 4. The van der Waals surface area contributed by atoms with Gasteiger partial charge in [-0.25, -0.2) is 0 Å². The average Bonchev–Trinajstić information content (AvgIpc) is 3.06. The number of pyridine rings is 1. The van der Waals surface area contributed by atoms with Gasteiger partial charge in [-0.2, -0.15) is 13.2 Å². The number of nitrogens with zero attached hydrogens (tertiary/aromatic N) is 2. The molecule has 12 heteroatoms. The molecule has 242 valence electrons. The number of aromatic nitrogens is 1. The molecular formula is C35H30F3N3O6. The van der Waals surface area contributed by atoms with E-state index in [-0.39, 0.29) is 11.3 Å². The fourth-order valence-corrected chi connectivity index (χ4v) is 5.13. The predicted octanol–water partition coefficient (Wildman–Crippen LogP) is 7.15. The summed E-state index contributed by atoms with van der Waals surface area (Å²) in [6.45, 7) is 3.48. The molecule has 1 aromatic heterocycles. The number of amides is 2. The van der Waals surface area contributed by atoms with Crippen LogP contribution in [0.2, 0.25) is 0 Å². The van der Waals surface area contributed by atoms with Gasteiger partial charge in [0.05, 0.1) is 25.3 Å². The van der Waals surface area contributed by atoms with Crippen molar-refractivity contribution >= 4 is 39.2 Å². The van der Waals surface area contributed by atoms with Crippen LogP contribution >= 0.6 is 0 Å². The highest BCUT2D eigenvalue weighted by molar-refractivity contribution is 6.14. The van der Waals surface area contributed by atoms with E-state index in [1.807, 2.05) is 0 Å². The van der Waals surface area contributed by atoms with E-state index < -0.39 is 40.8 Å². The zero-order valence-electron chi connectivity index (χ0n) is 25.8. The fraction of sp³-hybridized carbons (Fsp3) is 0.171. The number of likely N-dealkylation sites (N-methyl/N-ethyl adjacent to an activating group) is 1. The molecule has 5 rings (SSSR count). The van der Waals surface area contributed by atoms with Gasteiger partial charge in [0, 0.05) is 54.0 Å². The summed E-state index contributed by atoms with van der Waals surface area (Å²) in [4.78, 5) is 31.2. The third-order valence-electron chi connectivity index (χ3n) is 7.48. The quantitative estimate of drug-likeness (QED) is 0.164. The Hall–Kier alpha value is -5.62. The highest BCUT2D eigenvalue weighted by Gasteiger charge is 2.37. The number of hydrogen-bond donors (Lipinski definition) is 2. The molecule has 0 saturated heterocycles. The van der Waals surface area contributed by atoms with Crippen LogP contribution in [0.15, 0.2) is 91.1 Å². The first kappa shape index (κ1) is 32.8. The normalized spacial score (nSPS) is 12.0. The van der Waals surface area contributed by atoms with Gasteiger partial charge in [-0.3, -0.25) is 14.6 Å². The minimum Gasteiger partial charge on any atom is -0.493 e. The topological polar surface area (TPSA) is 110 Å². The van der Waals surface area contributed by atoms with Gasteiger partial charge >= 0.3 is 6.18 Å². The number of nitrogens with one attached hydrogen (secondary N) is 1. The highest BCUT2D eigenvalue weighted by atomic mass is 19.4. The van der Waals surface area contributed by atoms with Crippen molar-refractivity contribution in [3.8, 4) is 23.0 Å². The molecule has 0 aliphatic rings. The molecule has 0 fully saturated rings. The van der Waals surface area contributed by atoms with Crippen LogP contribution in [0.25, 0.3) is 21.7 Å². The van der Waals surface area contributed by atoms with Crippen LogP contribution in [0.3, 0.4) is 0 Å². The minimum atomic E-state index is -4.91. The third kappa shape index (κ3) is 6.54. The van der Waals surface area contributed by atoms with Crippen molar-refractivity contribution in [3.05, 3.63) is 108 Å². The molecular weight excluding hydrogens is 615 g/mol. The zero-order chi connectivity index (χ0) is 34.0. The molecule has 4 aromatic carbocycles. The Morgan fingerprint density at radius 3 is 2.21 bits per heavy atom. The van der Waals surface area contributed by atoms with Crippen LogP contribution in [0.4, 0.5) is 18.9 Å². The maximum atomic E-state index is 14.1. The largest absolute Gasteiger partial charge is 0.493 e. The molecule has 0 radical (unpaired) electrons. The number of carbonyl (C=O) groups is 2. The first-order valence-electron chi connectivity index (χ1n) is 14.1. The monoisotopic (exact) mass is 645 g/mol. The second-order valence-corrected chi connectivity index (χ2v) is 10.7. The number of ether oxygens (including phenoxy) is 3. The maximum Gasteiger partial charge on any atom is 0.416 e. The van der Waals surface area contributed by atoms with Crippen molar-refractivity contribution < 1.29 is 42.1 Å². The van der Waals surface area contributed by atoms with Crippen LogP contribution in [0.5, 0.6) is 23.0 Å². The number of fused-ring (bicyclic) bond motifs is 2. The van der Waals surface area contributed by atoms with Gasteiger partial charge in [0.2, 0.25) is 0 Å². The Balaban J connectivity index is 1.47. The summed E-state index contributed by atoms with van der Waals surface area (Å²) in [5, 5.41) is 14.8. The van der Waals surface area contributed by atoms with E-state index in [9.17, 15) is 27.9 Å². The standard InChI is InChI=1S/C35H30F3N3O6/c1-19(34(44)41(2)3)32(42)24-13-12-20(16-26(24)35(36,37)38)40-33(43)23-10-6-9-22-21(23)8-7-11-28(22)47-29-14-15-39-27-18-31(46-5)30(45-4)17-25(27)29/h6-18,32,42H,1H2,2-5H3,(H,40,43). The van der Waals surface area contributed by atoms with E-state index in [1.54, 1.807) is 60.8 Å². The van der Waals surface area contributed by atoms with Gasteiger partial charge in [0.1, 0.15) is 17.6 Å². The molecule has 0 aliphatic heterocycles. The summed E-state index contributed by atoms with van der Waals surface area (Å²) in [6, 6.07) is 18.2. The Labute approximate surface area is 267 Å². The fourth-order valence-electron chi connectivity index (χ4n) is 5.13. The summed E-state index contributed by atoms with van der Waals surface area (Å²) >= 11 is 0. The molecule has 47 heavy (non-hydrogen) atoms. The third-order valence-corrected chi connectivity index (χ3v) is 7.48. The number of rotatable bonds is 9. The smallest absolute Gasteiger partial charge is 0.416 e. The van der Waals surface area contributed by atoms with E-state index >= 15 is 0 Å². The average molecular weight is 646 g/mol. The van der Waals surface area contributed by atoms with E-state index in [2.05, 4.69) is 16.9 Å². The number of carbonyl (C=O) groups excluding carboxylic acids is 2. The minimum absolute atomic E-state index is 0.167. The lowest BCUT2D eigenvalue weighted by Crippen LogP contribution is -2.27. The van der Waals surface area contributed by atoms with Crippen LogP contribution in [-0.4, -0.2) is 55.1 Å². The van der Waals surface area contributed by atoms with E-state index in [4.69, 9.17) is 14.2 Å². The van der Waals surface area contributed by atoms with Crippen LogP contribution in [0, 0.1) is 0 Å². The second kappa shape index (κ2) is 13.0. The number of hydrogen-bond acceptors (Lipinski definition) is 7. The van der Waals surface area contributed by atoms with Crippen LogP contribution in [-0.2, 0) is 11.0 Å². The first-order chi connectivity index (χ1) is 22.3. The van der Waals surface area contributed by atoms with Gasteiger partial charge in [-0.05, 0) is 47.3 Å². The Morgan fingerprint density at radius 1 is 0.872 bits per heavy atom.